The fraction of sp³-hybridized carbons (Fsp3) is 0.579. The molecular formula is C19H25N3O3S. The summed E-state index contributed by atoms with van der Waals surface area (Å²) in [5.74, 6) is 1.67. The van der Waals surface area contributed by atoms with Crippen LogP contribution in [0.4, 0.5) is 5.69 Å². The summed E-state index contributed by atoms with van der Waals surface area (Å²) in [6.07, 6.45) is 6.04. The Hall–Kier alpha value is -2.07. The molecule has 2 fully saturated rings. The number of rotatable bonds is 6. The van der Waals surface area contributed by atoms with Crippen LogP contribution in [0, 0.1) is 29.1 Å². The monoisotopic (exact) mass is 375 g/mol. The second-order valence-electron chi connectivity index (χ2n) is 7.63. The molecule has 2 aliphatic carbocycles. The van der Waals surface area contributed by atoms with Crippen LogP contribution in [0.1, 0.15) is 38.2 Å². The molecule has 1 N–H and O–H groups in total. The van der Waals surface area contributed by atoms with Gasteiger partial charge in [0.15, 0.2) is 0 Å². The van der Waals surface area contributed by atoms with Gasteiger partial charge in [0.1, 0.15) is 6.54 Å². The van der Waals surface area contributed by atoms with Crippen LogP contribution >= 0.6 is 0 Å². The predicted octanol–water partition coefficient (Wildman–Crippen LogP) is 2.27. The molecule has 1 amide bonds. The maximum atomic E-state index is 12.5. The smallest absolute Gasteiger partial charge is 0.240 e. The number of sulfonamides is 1. The number of amides is 1. The molecule has 1 aromatic rings. The van der Waals surface area contributed by atoms with Gasteiger partial charge in [0.05, 0.1) is 23.6 Å². The molecule has 26 heavy (non-hydrogen) atoms. The van der Waals surface area contributed by atoms with Crippen LogP contribution in [0.2, 0.25) is 0 Å². The van der Waals surface area contributed by atoms with Crippen LogP contribution in [-0.4, -0.2) is 33.2 Å². The molecule has 6 nitrogen and oxygen atoms in total. The lowest BCUT2D eigenvalue weighted by molar-refractivity contribution is -0.120. The van der Waals surface area contributed by atoms with Crippen molar-refractivity contribution in [3.05, 3.63) is 29.8 Å². The number of nitrogens with zero attached hydrogens (tertiary/aromatic N) is 2. The summed E-state index contributed by atoms with van der Waals surface area (Å²) in [6, 6.07) is 8.32. The molecule has 0 aliphatic heterocycles. The molecule has 140 valence electrons. The Kier molecular flexibility index (Phi) is 5.24. The van der Waals surface area contributed by atoms with E-state index < -0.39 is 10.0 Å². The van der Waals surface area contributed by atoms with Gasteiger partial charge in [0.2, 0.25) is 15.9 Å². The molecule has 0 heterocycles. The number of nitrogens with one attached hydrogen (secondary N) is 1. The zero-order valence-corrected chi connectivity index (χ0v) is 16.0. The van der Waals surface area contributed by atoms with E-state index in [1.165, 1.54) is 25.3 Å². The second kappa shape index (κ2) is 7.28. The van der Waals surface area contributed by atoms with Gasteiger partial charge in [-0.05, 0) is 62.1 Å². The van der Waals surface area contributed by atoms with Crippen molar-refractivity contribution in [2.45, 2.75) is 38.6 Å². The molecule has 1 aromatic carbocycles. The molecule has 7 heteroatoms. The third-order valence-electron chi connectivity index (χ3n) is 5.77. The van der Waals surface area contributed by atoms with Crippen molar-refractivity contribution in [3.63, 3.8) is 0 Å². The number of nitriles is 1. The Morgan fingerprint density at radius 2 is 2.15 bits per heavy atom. The number of carbonyl (C=O) groups is 1. The quantitative estimate of drug-likeness (QED) is 0.826. The molecule has 0 aromatic heterocycles. The van der Waals surface area contributed by atoms with Gasteiger partial charge in [-0.3, -0.25) is 9.10 Å². The van der Waals surface area contributed by atoms with Gasteiger partial charge >= 0.3 is 0 Å². The highest BCUT2D eigenvalue weighted by atomic mass is 32.2. The van der Waals surface area contributed by atoms with Crippen molar-refractivity contribution in [2.24, 2.45) is 17.8 Å². The first-order valence-corrected chi connectivity index (χ1v) is 10.9. The molecule has 4 atom stereocenters. The zero-order valence-electron chi connectivity index (χ0n) is 15.2. The molecule has 2 saturated carbocycles. The minimum absolute atomic E-state index is 0.0460. The normalized spacial score (nSPS) is 25.5. The van der Waals surface area contributed by atoms with Crippen molar-refractivity contribution in [1.29, 1.82) is 5.26 Å². The summed E-state index contributed by atoms with van der Waals surface area (Å²) < 4.78 is 25.4. The first kappa shape index (κ1) is 18.7. The summed E-state index contributed by atoms with van der Waals surface area (Å²) in [7, 11) is -3.64. The Balaban J connectivity index is 1.69. The number of carbonyl (C=O) groups excluding carboxylic acids is 1. The van der Waals surface area contributed by atoms with Crippen LogP contribution in [0.15, 0.2) is 24.3 Å². The summed E-state index contributed by atoms with van der Waals surface area (Å²) >= 11 is 0. The van der Waals surface area contributed by atoms with E-state index in [2.05, 4.69) is 5.32 Å². The maximum Gasteiger partial charge on any atom is 0.240 e. The van der Waals surface area contributed by atoms with Crippen LogP contribution in [0.3, 0.4) is 0 Å². The number of hydrogen-bond acceptors (Lipinski definition) is 4. The summed E-state index contributed by atoms with van der Waals surface area (Å²) in [4.78, 5) is 12.5. The largest absolute Gasteiger partial charge is 0.352 e. The van der Waals surface area contributed by atoms with E-state index in [0.717, 1.165) is 22.9 Å². The number of benzene rings is 1. The van der Waals surface area contributed by atoms with Gasteiger partial charge in [-0.2, -0.15) is 5.26 Å². The average molecular weight is 375 g/mol. The lowest BCUT2D eigenvalue weighted by Gasteiger charge is -2.29. The first-order valence-electron chi connectivity index (χ1n) is 9.05. The van der Waals surface area contributed by atoms with Crippen molar-refractivity contribution in [2.75, 3.05) is 17.1 Å². The van der Waals surface area contributed by atoms with Gasteiger partial charge in [-0.15, -0.1) is 0 Å². The highest BCUT2D eigenvalue weighted by Crippen LogP contribution is 2.49. The minimum atomic E-state index is -3.64. The molecule has 3 rings (SSSR count). The van der Waals surface area contributed by atoms with Crippen molar-refractivity contribution in [1.82, 2.24) is 5.32 Å². The van der Waals surface area contributed by atoms with Crippen LogP contribution in [0.5, 0.6) is 0 Å². The van der Waals surface area contributed by atoms with E-state index >= 15 is 0 Å². The van der Waals surface area contributed by atoms with Gasteiger partial charge < -0.3 is 5.32 Å². The van der Waals surface area contributed by atoms with E-state index in [1.807, 2.05) is 13.0 Å². The Morgan fingerprint density at radius 1 is 1.38 bits per heavy atom. The van der Waals surface area contributed by atoms with Gasteiger partial charge in [0, 0.05) is 6.04 Å². The van der Waals surface area contributed by atoms with Crippen LogP contribution in [-0.2, 0) is 14.8 Å². The number of anilines is 1. The SMILES string of the molecule is CC(NC(=O)CN(c1cccc(C#N)c1)S(C)(=O)=O)C1CC2CCC1C2. The zero-order chi connectivity index (χ0) is 18.9. The fourth-order valence-corrected chi connectivity index (χ4v) is 5.42. The first-order chi connectivity index (χ1) is 12.3. The highest BCUT2D eigenvalue weighted by molar-refractivity contribution is 7.92. The molecule has 2 bridgehead atoms. The third-order valence-corrected chi connectivity index (χ3v) is 6.92. The van der Waals surface area contributed by atoms with Gasteiger partial charge in [-0.25, -0.2) is 8.42 Å². The highest BCUT2D eigenvalue weighted by Gasteiger charge is 2.42. The molecule has 0 saturated heterocycles. The molecular weight excluding hydrogens is 350 g/mol. The van der Waals surface area contributed by atoms with E-state index in [-0.39, 0.29) is 18.5 Å². The van der Waals surface area contributed by atoms with Crippen molar-refractivity contribution >= 4 is 21.6 Å². The molecule has 4 unspecified atom stereocenters. The lowest BCUT2D eigenvalue weighted by Crippen LogP contribution is -2.46. The van der Waals surface area contributed by atoms with E-state index in [9.17, 15) is 13.2 Å². The minimum Gasteiger partial charge on any atom is -0.352 e. The van der Waals surface area contributed by atoms with Gasteiger partial charge in [0.25, 0.3) is 0 Å². The summed E-state index contributed by atoms with van der Waals surface area (Å²) in [5, 5.41) is 12.0. The topological polar surface area (TPSA) is 90.3 Å². The Morgan fingerprint density at radius 3 is 2.73 bits per heavy atom. The van der Waals surface area contributed by atoms with Crippen molar-refractivity contribution < 1.29 is 13.2 Å². The fourth-order valence-electron chi connectivity index (χ4n) is 4.57. The Labute approximate surface area is 155 Å². The predicted molar refractivity (Wildman–Crippen MR) is 99.9 cm³/mol. The van der Waals surface area contributed by atoms with Crippen LogP contribution in [0.25, 0.3) is 0 Å². The Bertz CT molecular complexity index is 831. The van der Waals surface area contributed by atoms with E-state index in [4.69, 9.17) is 5.26 Å². The van der Waals surface area contributed by atoms with Crippen LogP contribution < -0.4 is 9.62 Å². The van der Waals surface area contributed by atoms with E-state index in [1.54, 1.807) is 18.2 Å². The molecule has 0 radical (unpaired) electrons. The van der Waals surface area contributed by atoms with E-state index in [0.29, 0.717) is 23.1 Å². The lowest BCUT2D eigenvalue weighted by atomic mass is 9.84. The summed E-state index contributed by atoms with van der Waals surface area (Å²) in [6.45, 7) is 1.74. The number of hydrogen-bond donors (Lipinski definition) is 1. The van der Waals surface area contributed by atoms with Gasteiger partial charge in [-0.1, -0.05) is 12.5 Å². The van der Waals surface area contributed by atoms with Crippen molar-refractivity contribution in [3.8, 4) is 6.07 Å². The third kappa shape index (κ3) is 4.01. The number of fused-ring (bicyclic) bond motifs is 2. The second-order valence-corrected chi connectivity index (χ2v) is 9.53. The summed E-state index contributed by atoms with van der Waals surface area (Å²) in [5.41, 5.74) is 0.682. The average Bonchev–Trinajstić information content (AvgIpc) is 3.22. The molecule has 0 spiro atoms. The standard InChI is InChI=1S/C19H25N3O3S/c1-13(18-10-14-6-7-16(18)8-14)21-19(23)12-22(26(2,24)25)17-5-3-4-15(9-17)11-20/h3-5,9,13-14,16,18H,6-8,10,12H2,1-2H3,(H,21,23). The molecule has 2 aliphatic rings. The maximum absolute atomic E-state index is 12.5.